The first-order valence-corrected chi connectivity index (χ1v) is 8.03. The molecule has 3 rings (SSSR count). The number of carbonyl (C=O) groups excluding carboxylic acids is 1. The number of fused-ring (bicyclic) bond motifs is 3. The van der Waals surface area contributed by atoms with Crippen LogP contribution in [0.5, 0.6) is 11.5 Å². The minimum absolute atomic E-state index is 0.0491. The van der Waals surface area contributed by atoms with Crippen LogP contribution in [0.2, 0.25) is 0 Å². The molecule has 0 saturated heterocycles. The Morgan fingerprint density at radius 2 is 1.96 bits per heavy atom. The molecule has 0 saturated carbocycles. The van der Waals surface area contributed by atoms with Gasteiger partial charge in [0.2, 0.25) is 0 Å². The van der Waals surface area contributed by atoms with Crippen molar-refractivity contribution >= 4 is 5.97 Å². The third-order valence-corrected chi connectivity index (χ3v) is 3.94. The van der Waals surface area contributed by atoms with Crippen LogP contribution in [0.25, 0.3) is 11.3 Å². The molecule has 8 heteroatoms. The van der Waals surface area contributed by atoms with Crippen LogP contribution in [-0.2, 0) is 11.3 Å². The van der Waals surface area contributed by atoms with E-state index in [9.17, 15) is 14.7 Å². The second-order valence-corrected chi connectivity index (χ2v) is 7.06. The van der Waals surface area contributed by atoms with Gasteiger partial charge in [-0.15, -0.1) is 0 Å². The summed E-state index contributed by atoms with van der Waals surface area (Å²) in [6.07, 6.45) is 1.36. The lowest BCUT2D eigenvalue weighted by Gasteiger charge is -2.32. The molecule has 1 aliphatic heterocycles. The lowest BCUT2D eigenvalue weighted by Crippen LogP contribution is -2.45. The molecule has 2 aromatic rings. The second kappa shape index (κ2) is 6.06. The molecule has 26 heavy (non-hydrogen) atoms. The van der Waals surface area contributed by atoms with Crippen LogP contribution in [0.3, 0.4) is 0 Å². The van der Waals surface area contributed by atoms with Gasteiger partial charge in [-0.3, -0.25) is 4.79 Å². The minimum atomic E-state index is -0.721. The summed E-state index contributed by atoms with van der Waals surface area (Å²) in [6, 6.07) is 4.49. The number of benzene rings is 1. The van der Waals surface area contributed by atoms with Crippen molar-refractivity contribution in [2.45, 2.75) is 32.9 Å². The number of carbonyl (C=O) groups is 1. The Hall–Kier alpha value is -3.00. The minimum Gasteiger partial charge on any atom is -0.504 e. The predicted octanol–water partition coefficient (Wildman–Crippen LogP) is 1.51. The Balaban J connectivity index is 2.14. The fourth-order valence-electron chi connectivity index (χ4n) is 2.82. The summed E-state index contributed by atoms with van der Waals surface area (Å²) < 4.78 is 11.9. The van der Waals surface area contributed by atoms with Crippen molar-refractivity contribution in [2.24, 2.45) is 5.84 Å². The number of aromatic hydroxyl groups is 1. The number of methoxy groups -OCH3 is 1. The molecule has 1 aromatic carbocycles. The van der Waals surface area contributed by atoms with Crippen LogP contribution >= 0.6 is 0 Å². The number of hydrogen-bond acceptors (Lipinski definition) is 7. The third-order valence-electron chi connectivity index (χ3n) is 3.94. The number of ether oxygens (including phenoxy) is 2. The molecule has 1 aliphatic rings. The average Bonchev–Trinajstić information content (AvgIpc) is 2.53. The van der Waals surface area contributed by atoms with Gasteiger partial charge in [0.1, 0.15) is 11.2 Å². The average molecular weight is 359 g/mol. The first-order chi connectivity index (χ1) is 12.1. The summed E-state index contributed by atoms with van der Waals surface area (Å²) in [5.74, 6) is 5.63. The van der Waals surface area contributed by atoms with E-state index in [1.165, 1.54) is 35.2 Å². The third kappa shape index (κ3) is 3.11. The molecule has 0 amide bonds. The molecule has 0 atom stereocenters. The van der Waals surface area contributed by atoms with Gasteiger partial charge in [0.25, 0.3) is 0 Å². The zero-order valence-electron chi connectivity index (χ0n) is 15.1. The quantitative estimate of drug-likeness (QED) is 0.618. The maximum atomic E-state index is 12.5. The van der Waals surface area contributed by atoms with E-state index >= 15 is 0 Å². The van der Waals surface area contributed by atoms with Crippen LogP contribution in [0, 0.1) is 0 Å². The van der Waals surface area contributed by atoms with Crippen LogP contribution in [-0.4, -0.2) is 28.5 Å². The summed E-state index contributed by atoms with van der Waals surface area (Å²) in [7, 11) is 1.45. The van der Waals surface area contributed by atoms with E-state index in [-0.39, 0.29) is 11.3 Å². The van der Waals surface area contributed by atoms with Crippen molar-refractivity contribution in [2.75, 3.05) is 12.2 Å². The van der Waals surface area contributed by atoms with Gasteiger partial charge in [0, 0.05) is 17.8 Å². The zero-order chi connectivity index (χ0) is 19.2. The maximum Gasteiger partial charge on any atom is 0.344 e. The van der Waals surface area contributed by atoms with Crippen LogP contribution < -0.4 is 21.1 Å². The molecular weight excluding hydrogens is 338 g/mol. The number of hydrazine groups is 1. The lowest BCUT2D eigenvalue weighted by atomic mass is 10.00. The Bertz CT molecular complexity index is 943. The largest absolute Gasteiger partial charge is 0.504 e. The van der Waals surface area contributed by atoms with E-state index in [2.05, 4.69) is 0 Å². The van der Waals surface area contributed by atoms with Crippen molar-refractivity contribution in [3.63, 3.8) is 0 Å². The van der Waals surface area contributed by atoms with E-state index in [4.69, 9.17) is 15.3 Å². The van der Waals surface area contributed by atoms with Crippen molar-refractivity contribution in [3.05, 3.63) is 45.7 Å². The maximum absolute atomic E-state index is 12.5. The number of phenols is 1. The number of aromatic nitrogens is 1. The highest BCUT2D eigenvalue weighted by atomic mass is 16.6. The zero-order valence-corrected chi connectivity index (χ0v) is 15.1. The Morgan fingerprint density at radius 1 is 1.27 bits per heavy atom. The molecule has 0 unspecified atom stereocenters. The first-order valence-electron chi connectivity index (χ1n) is 8.03. The molecule has 3 N–H and O–H groups in total. The number of pyridine rings is 1. The number of esters is 1. The van der Waals surface area contributed by atoms with E-state index in [0.29, 0.717) is 23.6 Å². The van der Waals surface area contributed by atoms with E-state index < -0.39 is 17.0 Å². The molecular formula is C18H21N3O5. The topological polar surface area (TPSA) is 107 Å². The summed E-state index contributed by atoms with van der Waals surface area (Å²) in [6.45, 7) is 5.48. The standard InChI is InChI=1S/C18H21N3O5/c1-18(2,3)26-17(24)12-9-20-13(7-14(12)22)11-6-15(23)16(25-4)5-10(11)8-21(20)19/h5-7,9,23H,8,19H2,1-4H3. The summed E-state index contributed by atoms with van der Waals surface area (Å²) in [5, 5.41) is 11.4. The normalized spacial score (nSPS) is 13.0. The Morgan fingerprint density at radius 3 is 2.58 bits per heavy atom. The number of hydrogen-bond donors (Lipinski definition) is 2. The molecule has 0 aliphatic carbocycles. The van der Waals surface area contributed by atoms with Gasteiger partial charge < -0.3 is 14.6 Å². The monoisotopic (exact) mass is 359 g/mol. The highest BCUT2D eigenvalue weighted by molar-refractivity contribution is 5.90. The number of nitrogens with two attached hydrogens (primary N) is 1. The lowest BCUT2D eigenvalue weighted by molar-refractivity contribution is 0.00671. The summed E-state index contributed by atoms with van der Waals surface area (Å²) in [5.41, 5.74) is 0.567. The SMILES string of the molecule is COc1cc2c(cc1O)-c1cc(=O)c(C(=O)OC(C)(C)C)cn1N(N)C2. The van der Waals surface area contributed by atoms with Crippen LogP contribution in [0.15, 0.2) is 29.2 Å². The Labute approximate surface area is 150 Å². The van der Waals surface area contributed by atoms with E-state index in [1.807, 2.05) is 0 Å². The summed E-state index contributed by atoms with van der Waals surface area (Å²) in [4.78, 5) is 24.8. The van der Waals surface area contributed by atoms with Crippen LogP contribution in [0.4, 0.5) is 0 Å². The first kappa shape index (κ1) is 17.8. The van der Waals surface area contributed by atoms with Gasteiger partial charge in [-0.1, -0.05) is 0 Å². The number of rotatable bonds is 2. The van der Waals surface area contributed by atoms with Gasteiger partial charge in [-0.05, 0) is 38.5 Å². The molecule has 0 fully saturated rings. The molecule has 0 bridgehead atoms. The van der Waals surface area contributed by atoms with Gasteiger partial charge in [-0.25, -0.2) is 20.4 Å². The van der Waals surface area contributed by atoms with E-state index in [1.54, 1.807) is 26.8 Å². The van der Waals surface area contributed by atoms with Gasteiger partial charge in [0.15, 0.2) is 16.9 Å². The van der Waals surface area contributed by atoms with Gasteiger partial charge in [0.05, 0.1) is 19.3 Å². The molecule has 2 heterocycles. The summed E-state index contributed by atoms with van der Waals surface area (Å²) >= 11 is 0. The van der Waals surface area contributed by atoms with Crippen molar-refractivity contribution < 1.29 is 19.4 Å². The van der Waals surface area contributed by atoms with Crippen molar-refractivity contribution in [1.29, 1.82) is 0 Å². The highest BCUT2D eigenvalue weighted by Crippen LogP contribution is 2.37. The highest BCUT2D eigenvalue weighted by Gasteiger charge is 2.26. The predicted molar refractivity (Wildman–Crippen MR) is 95.6 cm³/mol. The second-order valence-electron chi connectivity index (χ2n) is 7.06. The number of nitrogens with zero attached hydrogens (tertiary/aromatic N) is 2. The molecule has 138 valence electrons. The molecule has 0 radical (unpaired) electrons. The van der Waals surface area contributed by atoms with Gasteiger partial charge >= 0.3 is 5.97 Å². The van der Waals surface area contributed by atoms with Crippen molar-refractivity contribution in [3.8, 4) is 22.8 Å². The molecule has 8 nitrogen and oxygen atoms in total. The molecule has 0 spiro atoms. The van der Waals surface area contributed by atoms with Crippen LogP contribution in [0.1, 0.15) is 36.7 Å². The van der Waals surface area contributed by atoms with E-state index in [0.717, 1.165) is 5.56 Å². The number of phenolic OH excluding ortho intramolecular Hbond substituents is 1. The fourth-order valence-corrected chi connectivity index (χ4v) is 2.82. The fraction of sp³-hybridized carbons (Fsp3) is 0.333. The molecule has 1 aromatic heterocycles. The van der Waals surface area contributed by atoms with Crippen molar-refractivity contribution in [1.82, 2.24) is 4.68 Å². The Kier molecular flexibility index (Phi) is 4.15. The van der Waals surface area contributed by atoms with Gasteiger partial charge in [-0.2, -0.15) is 0 Å². The smallest absolute Gasteiger partial charge is 0.344 e.